The summed E-state index contributed by atoms with van der Waals surface area (Å²) in [6, 6.07) is 0. The third-order valence-electron chi connectivity index (χ3n) is 11.2. The first-order valence-corrected chi connectivity index (χ1v) is 16.0. The van der Waals surface area contributed by atoms with Crippen molar-refractivity contribution in [2.45, 2.75) is 118 Å². The molecule has 3 heteroatoms. The number of fused-ring (bicyclic) bond motifs is 5. The third kappa shape index (κ3) is 3.65. The van der Waals surface area contributed by atoms with Gasteiger partial charge in [0.2, 0.25) is 0 Å². The maximum absolute atomic E-state index is 12.2. The number of allylic oxidation sites excluding steroid dienone is 1. The highest BCUT2D eigenvalue weighted by Gasteiger charge is 2.61. The van der Waals surface area contributed by atoms with Crippen LogP contribution in [0.5, 0.6) is 0 Å². The Bertz CT molecular complexity index is 761. The summed E-state index contributed by atoms with van der Waals surface area (Å²) in [6.07, 6.45) is 10.8. The lowest BCUT2D eigenvalue weighted by molar-refractivity contribution is -0.119. The molecule has 8 atom stereocenters. The Hall–Kier alpha value is -0.413. The lowest BCUT2D eigenvalue weighted by atomic mass is 9.44. The van der Waals surface area contributed by atoms with Crippen LogP contribution in [0.25, 0.3) is 0 Å². The van der Waals surface area contributed by atoms with Crippen LogP contribution in [-0.4, -0.2) is 20.2 Å². The Morgan fingerprint density at radius 2 is 1.77 bits per heavy atom. The van der Waals surface area contributed by atoms with Crippen molar-refractivity contribution in [2.24, 2.45) is 40.4 Å². The van der Waals surface area contributed by atoms with Gasteiger partial charge in [-0.3, -0.25) is 4.79 Å². The quantitative estimate of drug-likeness (QED) is 0.415. The monoisotopic (exact) mass is 444 g/mol. The van der Waals surface area contributed by atoms with Crippen LogP contribution < -0.4 is 0 Å². The van der Waals surface area contributed by atoms with Crippen LogP contribution in [0.15, 0.2) is 11.6 Å². The molecular formula is C28H48O2Si. The maximum atomic E-state index is 12.2. The van der Waals surface area contributed by atoms with Crippen LogP contribution in [0, 0.1) is 40.4 Å². The van der Waals surface area contributed by atoms with Gasteiger partial charge in [0, 0.05) is 12.5 Å². The van der Waals surface area contributed by atoms with Crippen molar-refractivity contribution in [1.29, 1.82) is 0 Å². The van der Waals surface area contributed by atoms with Gasteiger partial charge in [-0.05, 0) is 110 Å². The van der Waals surface area contributed by atoms with Crippen LogP contribution in [-0.2, 0) is 9.22 Å². The summed E-state index contributed by atoms with van der Waals surface area (Å²) in [5.41, 5.74) is 2.18. The normalized spacial score (nSPS) is 44.2. The van der Waals surface area contributed by atoms with E-state index in [-0.39, 0.29) is 10.5 Å². The molecule has 4 aliphatic rings. The standard InChI is InChI=1S/C28H48O2Si/c1-18-16-20-17-21(29)12-14-27(20,6)24-13-15-28(7)22(10-11-23(28)25(18)24)19(2)30-31(8,9)26(3,4)5/h17-19,22-25H,10-16H2,1-9H3/t18?,19?,22-,23+,24+,25+,27+,28-/m1/s1. The minimum atomic E-state index is -1.75. The molecule has 31 heavy (non-hydrogen) atoms. The van der Waals surface area contributed by atoms with Gasteiger partial charge in [-0.2, -0.15) is 0 Å². The summed E-state index contributed by atoms with van der Waals surface area (Å²) in [7, 11) is -1.75. The Morgan fingerprint density at radius 3 is 2.42 bits per heavy atom. The summed E-state index contributed by atoms with van der Waals surface area (Å²) in [5.74, 6) is 4.18. The smallest absolute Gasteiger partial charge is 0.192 e. The fraction of sp³-hybridized carbons (Fsp3) is 0.893. The van der Waals surface area contributed by atoms with Crippen LogP contribution in [0.1, 0.15) is 93.4 Å². The van der Waals surface area contributed by atoms with Gasteiger partial charge in [0.25, 0.3) is 0 Å². The first kappa shape index (κ1) is 23.7. The predicted molar refractivity (Wildman–Crippen MR) is 132 cm³/mol. The lowest BCUT2D eigenvalue weighted by Gasteiger charge is -2.60. The topological polar surface area (TPSA) is 26.3 Å². The molecule has 0 bridgehead atoms. The van der Waals surface area contributed by atoms with Crippen molar-refractivity contribution < 1.29 is 9.22 Å². The van der Waals surface area contributed by atoms with Gasteiger partial charge in [-0.1, -0.05) is 47.1 Å². The molecule has 0 amide bonds. The average molecular weight is 445 g/mol. The van der Waals surface area contributed by atoms with Gasteiger partial charge in [-0.15, -0.1) is 0 Å². The van der Waals surface area contributed by atoms with E-state index in [0.717, 1.165) is 37.0 Å². The highest BCUT2D eigenvalue weighted by atomic mass is 28.4. The predicted octanol–water partition coefficient (Wildman–Crippen LogP) is 7.79. The molecule has 0 saturated heterocycles. The fourth-order valence-electron chi connectivity index (χ4n) is 8.44. The molecule has 0 aromatic carbocycles. The number of ketones is 1. The Balaban J connectivity index is 1.59. The van der Waals surface area contributed by atoms with Crippen LogP contribution in [0.2, 0.25) is 18.1 Å². The van der Waals surface area contributed by atoms with Crippen LogP contribution in [0.3, 0.4) is 0 Å². The molecule has 2 unspecified atom stereocenters. The second kappa shape index (κ2) is 7.55. The van der Waals surface area contributed by atoms with Gasteiger partial charge in [0.05, 0.1) is 0 Å². The molecule has 0 spiro atoms. The Kier molecular flexibility index (Phi) is 5.78. The molecule has 3 fully saturated rings. The van der Waals surface area contributed by atoms with Gasteiger partial charge in [-0.25, -0.2) is 0 Å². The van der Waals surface area contributed by atoms with Gasteiger partial charge < -0.3 is 4.43 Å². The van der Waals surface area contributed by atoms with E-state index < -0.39 is 8.32 Å². The van der Waals surface area contributed by atoms with Crippen molar-refractivity contribution in [1.82, 2.24) is 0 Å². The van der Waals surface area contributed by atoms with E-state index >= 15 is 0 Å². The highest BCUT2D eigenvalue weighted by molar-refractivity contribution is 6.74. The second-order valence-electron chi connectivity index (χ2n) is 13.8. The third-order valence-corrected chi connectivity index (χ3v) is 15.8. The van der Waals surface area contributed by atoms with E-state index in [1.54, 1.807) is 0 Å². The SMILES string of the molecule is CC1CC2=CC(=O)CC[C@]2(C)[C@H]2CC[C@]3(C)[C@@H](C(C)O[Si](C)(C)C(C)(C)C)CC[C@H]3[C@H]12. The van der Waals surface area contributed by atoms with E-state index in [1.807, 2.05) is 0 Å². The zero-order valence-corrected chi connectivity index (χ0v) is 22.8. The second-order valence-corrected chi connectivity index (χ2v) is 18.6. The van der Waals surface area contributed by atoms with Gasteiger partial charge in [0.1, 0.15) is 0 Å². The number of carbonyl (C=O) groups excluding carboxylic acids is 1. The van der Waals surface area contributed by atoms with E-state index in [9.17, 15) is 4.79 Å². The van der Waals surface area contributed by atoms with Crippen molar-refractivity contribution in [3.8, 4) is 0 Å². The van der Waals surface area contributed by atoms with Crippen LogP contribution in [0.4, 0.5) is 0 Å². The summed E-state index contributed by atoms with van der Waals surface area (Å²) in [6.45, 7) is 21.9. The lowest BCUT2D eigenvalue weighted by Crippen LogP contribution is -2.54. The van der Waals surface area contributed by atoms with Gasteiger partial charge >= 0.3 is 0 Å². The van der Waals surface area contributed by atoms with Crippen molar-refractivity contribution in [3.05, 3.63) is 11.6 Å². The minimum Gasteiger partial charge on any atom is -0.414 e. The molecule has 0 aromatic heterocycles. The van der Waals surface area contributed by atoms with Crippen molar-refractivity contribution in [3.63, 3.8) is 0 Å². The Labute approximate surface area is 193 Å². The molecule has 0 radical (unpaired) electrons. The molecule has 0 N–H and O–H groups in total. The zero-order valence-electron chi connectivity index (χ0n) is 21.8. The highest BCUT2D eigenvalue weighted by Crippen LogP contribution is 2.68. The zero-order chi connectivity index (χ0) is 23.0. The largest absolute Gasteiger partial charge is 0.414 e. The molecule has 2 nitrogen and oxygen atoms in total. The van der Waals surface area contributed by atoms with Gasteiger partial charge in [0.15, 0.2) is 14.1 Å². The minimum absolute atomic E-state index is 0.269. The van der Waals surface area contributed by atoms with Crippen LogP contribution >= 0.6 is 0 Å². The Morgan fingerprint density at radius 1 is 1.10 bits per heavy atom. The summed E-state index contributed by atoms with van der Waals surface area (Å²) in [5, 5.41) is 0.269. The molecular weight excluding hydrogens is 396 g/mol. The molecule has 176 valence electrons. The summed E-state index contributed by atoms with van der Waals surface area (Å²) >= 11 is 0. The molecule has 4 rings (SSSR count). The molecule has 4 aliphatic carbocycles. The first-order valence-electron chi connectivity index (χ1n) is 13.1. The summed E-state index contributed by atoms with van der Waals surface area (Å²) < 4.78 is 6.97. The van der Waals surface area contributed by atoms with Crippen molar-refractivity contribution in [2.75, 3.05) is 0 Å². The van der Waals surface area contributed by atoms with E-state index in [2.05, 4.69) is 67.6 Å². The number of carbonyl (C=O) groups is 1. The van der Waals surface area contributed by atoms with E-state index in [1.165, 1.54) is 31.3 Å². The number of hydrogen-bond donors (Lipinski definition) is 0. The fourth-order valence-corrected chi connectivity index (χ4v) is 9.89. The molecule has 0 aromatic rings. The first-order chi connectivity index (χ1) is 14.2. The molecule has 0 heterocycles. The van der Waals surface area contributed by atoms with E-state index in [0.29, 0.717) is 29.1 Å². The number of hydrogen-bond acceptors (Lipinski definition) is 2. The summed E-state index contributed by atoms with van der Waals surface area (Å²) in [4.78, 5) is 12.2. The van der Waals surface area contributed by atoms with Crippen molar-refractivity contribution >= 4 is 14.1 Å². The molecule has 3 saturated carbocycles. The molecule has 0 aliphatic heterocycles. The number of rotatable bonds is 3. The maximum Gasteiger partial charge on any atom is 0.192 e. The average Bonchev–Trinajstić information content (AvgIpc) is 2.99. The van der Waals surface area contributed by atoms with E-state index in [4.69, 9.17) is 4.43 Å².